The summed E-state index contributed by atoms with van der Waals surface area (Å²) in [6.07, 6.45) is 1.15. The molecule has 0 aliphatic rings. The lowest BCUT2D eigenvalue weighted by Crippen LogP contribution is -2.54. The SMILES string of the molecule is CC(C)NC(=O)[C@H](Cc1ccccc1)N(Cc1ccc(Cl)cc1Cl)C(=O)CN(c1cc(Cl)cc(Cl)c1)S(C)(=O)=O. The normalized spacial score (nSPS) is 12.2. The van der Waals surface area contributed by atoms with Crippen molar-refractivity contribution in [3.63, 3.8) is 0 Å². The van der Waals surface area contributed by atoms with Crippen LogP contribution in [0.25, 0.3) is 0 Å². The Morgan fingerprint density at radius 1 is 0.875 bits per heavy atom. The molecule has 0 heterocycles. The van der Waals surface area contributed by atoms with Gasteiger partial charge in [-0.25, -0.2) is 8.42 Å². The quantitative estimate of drug-likeness (QED) is 0.268. The van der Waals surface area contributed by atoms with Gasteiger partial charge in [-0.1, -0.05) is 82.8 Å². The van der Waals surface area contributed by atoms with Gasteiger partial charge in [-0.2, -0.15) is 0 Å². The second-order valence-electron chi connectivity index (χ2n) is 9.52. The van der Waals surface area contributed by atoms with E-state index in [-0.39, 0.29) is 34.7 Å². The second-order valence-corrected chi connectivity index (χ2v) is 13.1. The molecule has 0 radical (unpaired) electrons. The molecule has 0 unspecified atom stereocenters. The smallest absolute Gasteiger partial charge is 0.244 e. The molecule has 0 aromatic heterocycles. The van der Waals surface area contributed by atoms with Crippen molar-refractivity contribution in [2.24, 2.45) is 0 Å². The van der Waals surface area contributed by atoms with Crippen molar-refractivity contribution in [2.75, 3.05) is 17.1 Å². The van der Waals surface area contributed by atoms with Gasteiger partial charge >= 0.3 is 0 Å². The number of nitrogens with one attached hydrogen (secondary N) is 1. The van der Waals surface area contributed by atoms with Crippen molar-refractivity contribution < 1.29 is 18.0 Å². The second kappa shape index (κ2) is 13.9. The number of carbonyl (C=O) groups is 2. The van der Waals surface area contributed by atoms with Crippen LogP contribution in [0.4, 0.5) is 5.69 Å². The van der Waals surface area contributed by atoms with Crippen LogP contribution in [0.3, 0.4) is 0 Å². The van der Waals surface area contributed by atoms with Crippen molar-refractivity contribution >= 4 is 73.9 Å². The Morgan fingerprint density at radius 3 is 2.05 bits per heavy atom. The lowest BCUT2D eigenvalue weighted by Gasteiger charge is -2.34. The Morgan fingerprint density at radius 2 is 1.50 bits per heavy atom. The number of nitrogens with zero attached hydrogens (tertiary/aromatic N) is 2. The predicted molar refractivity (Wildman–Crippen MR) is 163 cm³/mol. The largest absolute Gasteiger partial charge is 0.352 e. The summed E-state index contributed by atoms with van der Waals surface area (Å²) in [5.41, 5.74) is 1.46. The van der Waals surface area contributed by atoms with Gasteiger partial charge in [0, 0.05) is 39.1 Å². The van der Waals surface area contributed by atoms with E-state index in [9.17, 15) is 18.0 Å². The maximum atomic E-state index is 14.1. The highest BCUT2D eigenvalue weighted by Gasteiger charge is 2.33. The van der Waals surface area contributed by atoms with Crippen LogP contribution in [-0.2, 0) is 32.6 Å². The molecule has 3 aromatic carbocycles. The first-order valence-corrected chi connectivity index (χ1v) is 15.6. The van der Waals surface area contributed by atoms with E-state index in [1.807, 2.05) is 44.2 Å². The fourth-order valence-corrected chi connectivity index (χ4v) is 5.88. The van der Waals surface area contributed by atoms with Gasteiger partial charge in [-0.05, 0) is 55.3 Å². The van der Waals surface area contributed by atoms with Crippen LogP contribution in [-0.4, -0.2) is 50.0 Å². The summed E-state index contributed by atoms with van der Waals surface area (Å²) in [5.74, 6) is -1.03. The van der Waals surface area contributed by atoms with E-state index in [2.05, 4.69) is 5.32 Å². The summed E-state index contributed by atoms with van der Waals surface area (Å²) in [5, 5.41) is 3.99. The maximum absolute atomic E-state index is 14.1. The zero-order valence-corrected chi connectivity index (χ0v) is 25.9. The molecule has 0 fully saturated rings. The number of sulfonamides is 1. The van der Waals surface area contributed by atoms with Gasteiger partial charge in [0.1, 0.15) is 12.6 Å². The Bertz CT molecular complexity index is 1450. The van der Waals surface area contributed by atoms with Gasteiger partial charge in [0.05, 0.1) is 11.9 Å². The number of halogens is 4. The van der Waals surface area contributed by atoms with Crippen LogP contribution in [0.2, 0.25) is 20.1 Å². The number of amides is 2. The summed E-state index contributed by atoms with van der Waals surface area (Å²) in [7, 11) is -3.97. The van der Waals surface area contributed by atoms with Crippen molar-refractivity contribution in [1.82, 2.24) is 10.2 Å². The highest BCUT2D eigenvalue weighted by Crippen LogP contribution is 2.28. The highest BCUT2D eigenvalue weighted by atomic mass is 35.5. The summed E-state index contributed by atoms with van der Waals surface area (Å²) in [6, 6.07) is 17.1. The van der Waals surface area contributed by atoms with Crippen LogP contribution in [0, 0.1) is 0 Å². The van der Waals surface area contributed by atoms with Gasteiger partial charge in [-0.3, -0.25) is 13.9 Å². The third kappa shape index (κ3) is 9.01. The van der Waals surface area contributed by atoms with Crippen molar-refractivity contribution in [2.45, 2.75) is 38.9 Å². The number of carbonyl (C=O) groups excluding carboxylic acids is 2. The van der Waals surface area contributed by atoms with Crippen molar-refractivity contribution in [1.29, 1.82) is 0 Å². The minimum Gasteiger partial charge on any atom is -0.352 e. The molecule has 2 amide bonds. The summed E-state index contributed by atoms with van der Waals surface area (Å²) >= 11 is 24.8. The Hall–Kier alpha value is -2.49. The van der Waals surface area contributed by atoms with E-state index in [0.29, 0.717) is 15.6 Å². The van der Waals surface area contributed by atoms with E-state index in [1.165, 1.54) is 29.2 Å². The molecule has 0 bridgehead atoms. The molecule has 12 heteroatoms. The number of hydrogen-bond acceptors (Lipinski definition) is 4. The zero-order chi connectivity index (χ0) is 29.6. The zero-order valence-electron chi connectivity index (χ0n) is 22.1. The van der Waals surface area contributed by atoms with Gasteiger partial charge in [0.2, 0.25) is 21.8 Å². The van der Waals surface area contributed by atoms with Crippen LogP contribution in [0.15, 0.2) is 66.7 Å². The molecule has 0 saturated heterocycles. The summed E-state index contributed by atoms with van der Waals surface area (Å²) < 4.78 is 26.6. The van der Waals surface area contributed by atoms with Gasteiger partial charge in [0.15, 0.2) is 0 Å². The molecular weight excluding hydrogens is 616 g/mol. The predicted octanol–water partition coefficient (Wildman–Crippen LogP) is 6.23. The topological polar surface area (TPSA) is 86.8 Å². The number of rotatable bonds is 11. The van der Waals surface area contributed by atoms with Crippen molar-refractivity contribution in [3.05, 3.63) is 97.9 Å². The molecule has 0 aliphatic heterocycles. The summed E-state index contributed by atoms with van der Waals surface area (Å²) in [6.45, 7) is 2.94. The molecule has 3 aromatic rings. The molecule has 40 heavy (non-hydrogen) atoms. The molecule has 7 nitrogen and oxygen atoms in total. The van der Waals surface area contributed by atoms with E-state index in [0.717, 1.165) is 16.1 Å². The van der Waals surface area contributed by atoms with Crippen molar-refractivity contribution in [3.8, 4) is 0 Å². The lowest BCUT2D eigenvalue weighted by atomic mass is 10.0. The fourth-order valence-electron chi connectivity index (χ4n) is 4.07. The van der Waals surface area contributed by atoms with Gasteiger partial charge < -0.3 is 10.2 Å². The molecule has 1 N–H and O–H groups in total. The summed E-state index contributed by atoms with van der Waals surface area (Å²) in [4.78, 5) is 28.9. The van der Waals surface area contributed by atoms with E-state index in [4.69, 9.17) is 46.4 Å². The molecule has 214 valence electrons. The molecule has 3 rings (SSSR count). The van der Waals surface area contributed by atoms with Gasteiger partial charge in [-0.15, -0.1) is 0 Å². The maximum Gasteiger partial charge on any atom is 0.244 e. The monoisotopic (exact) mass is 643 g/mol. The number of anilines is 1. The molecule has 1 atom stereocenters. The lowest BCUT2D eigenvalue weighted by molar-refractivity contribution is -0.140. The molecule has 0 aliphatic carbocycles. The fraction of sp³-hybridized carbons (Fsp3) is 0.286. The van der Waals surface area contributed by atoms with E-state index >= 15 is 0 Å². The Kier molecular flexibility index (Phi) is 11.1. The average Bonchev–Trinajstić information content (AvgIpc) is 2.84. The Balaban J connectivity index is 2.10. The van der Waals surface area contributed by atoms with E-state index < -0.39 is 34.4 Å². The van der Waals surface area contributed by atoms with Crippen LogP contribution >= 0.6 is 46.4 Å². The van der Waals surface area contributed by atoms with Crippen LogP contribution in [0.5, 0.6) is 0 Å². The van der Waals surface area contributed by atoms with Crippen LogP contribution < -0.4 is 9.62 Å². The number of hydrogen-bond donors (Lipinski definition) is 1. The van der Waals surface area contributed by atoms with Gasteiger partial charge in [0.25, 0.3) is 0 Å². The number of benzene rings is 3. The third-order valence-corrected chi connectivity index (χ3v) is 8.04. The first-order chi connectivity index (χ1) is 18.7. The van der Waals surface area contributed by atoms with Crippen LogP contribution in [0.1, 0.15) is 25.0 Å². The van der Waals surface area contributed by atoms with E-state index in [1.54, 1.807) is 12.1 Å². The first kappa shape index (κ1) is 32.0. The molecule has 0 saturated carbocycles. The minimum atomic E-state index is -3.97. The highest BCUT2D eigenvalue weighted by molar-refractivity contribution is 7.92. The standard InChI is InChI=1S/C28H29Cl4N3O4S/c1-18(2)33-28(37)26(11-19-7-5-4-6-8-19)34(16-20-9-10-21(29)15-25(20)32)27(36)17-35(40(3,38)39)24-13-22(30)12-23(31)14-24/h4-10,12-15,18,26H,11,16-17H2,1-3H3,(H,33,37)/t26-/m0/s1. The first-order valence-electron chi connectivity index (χ1n) is 12.3. The average molecular weight is 645 g/mol. The Labute approximate surface area is 255 Å². The molecular formula is C28H29Cl4N3O4S. The minimum absolute atomic E-state index is 0.0776. The third-order valence-electron chi connectivity index (χ3n) is 5.87. The molecule has 0 spiro atoms.